The van der Waals surface area contributed by atoms with Gasteiger partial charge in [0, 0.05) is 35.2 Å². The summed E-state index contributed by atoms with van der Waals surface area (Å²) in [5.74, 6) is -3.95. The largest absolute Gasteiger partial charge is 0.477 e. The minimum absolute atomic E-state index is 0.0699. The van der Waals surface area contributed by atoms with E-state index in [0.717, 1.165) is 27.3 Å². The fourth-order valence-electron chi connectivity index (χ4n) is 6.10. The highest BCUT2D eigenvalue weighted by Crippen LogP contribution is 2.22. The van der Waals surface area contributed by atoms with Crippen molar-refractivity contribution in [3.8, 4) is 0 Å². The van der Waals surface area contributed by atoms with Crippen molar-refractivity contribution in [3.63, 3.8) is 0 Å². The van der Waals surface area contributed by atoms with E-state index in [1.807, 2.05) is 0 Å². The molecule has 18 nitrogen and oxygen atoms in total. The molecule has 0 aliphatic carbocycles. The SMILES string of the molecule is COC(=O)c1ccc(CNC(=O)c2c[nH]c3c(C(=O)NCc4ccc(F)cc4)ncnc23)s1.O=C(O)c1ccc(CNC(=O)c2c[nH]c3c(C(=O)NCc4ccc(F)cc4)ncnc23)s1. The van der Waals surface area contributed by atoms with Crippen LogP contribution in [0.5, 0.6) is 0 Å². The monoisotopic (exact) mass is 920 g/mol. The summed E-state index contributed by atoms with van der Waals surface area (Å²) in [5, 5.41) is 19.9. The number of benzene rings is 2. The standard InChI is InChI=1S/C22H18FN5O4S.C21H16FN5O4S/c1-32-22(31)16-7-6-14(33-16)9-26-20(29)15-10-24-18-17(15)27-11-28-19(18)21(30)25-8-12-2-4-13(23)5-3-12;22-12-3-1-11(2-4-12)7-24-20(29)18-17-16(26-10-27-18)14(9-23-17)19(28)25-8-13-5-6-15(32-13)21(30)31/h2-7,10-11,24H,8-9H2,1H3,(H,25,30)(H,26,29);1-6,9-10,23H,7-8H2,(H,24,29)(H,25,28)(H,30,31). The van der Waals surface area contributed by atoms with Crippen molar-refractivity contribution in [3.05, 3.63) is 163 Å². The summed E-state index contributed by atoms with van der Waals surface area (Å²) < 4.78 is 30.7. The molecule has 6 heterocycles. The Morgan fingerprint density at radius 3 is 1.40 bits per heavy atom. The summed E-state index contributed by atoms with van der Waals surface area (Å²) >= 11 is 2.30. The van der Waals surface area contributed by atoms with E-state index in [2.05, 4.69) is 55.9 Å². The maximum absolute atomic E-state index is 13.0. The zero-order chi connectivity index (χ0) is 46.0. The Bertz CT molecular complexity index is 3060. The van der Waals surface area contributed by atoms with E-state index in [9.17, 15) is 37.5 Å². The van der Waals surface area contributed by atoms with Gasteiger partial charge in [0.05, 0.1) is 42.4 Å². The molecule has 2 aromatic carbocycles. The number of halogens is 2. The summed E-state index contributed by atoms with van der Waals surface area (Å²) in [6, 6.07) is 18.0. The number of carbonyl (C=O) groups excluding carboxylic acids is 5. The first-order valence-corrected chi connectivity index (χ1v) is 20.8. The second-order valence-corrected chi connectivity index (χ2v) is 15.9. The number of fused-ring (bicyclic) bond motifs is 2. The summed E-state index contributed by atoms with van der Waals surface area (Å²) in [6.07, 6.45) is 5.29. The average molecular weight is 921 g/mol. The molecular weight excluding hydrogens is 887 g/mol. The van der Waals surface area contributed by atoms with Crippen LogP contribution in [0, 0.1) is 11.6 Å². The number of nitrogens with one attached hydrogen (secondary N) is 6. The van der Waals surface area contributed by atoms with E-state index in [-0.39, 0.29) is 70.7 Å². The van der Waals surface area contributed by atoms with Crippen LogP contribution in [0.15, 0.2) is 97.8 Å². The van der Waals surface area contributed by atoms with Crippen molar-refractivity contribution in [2.45, 2.75) is 26.2 Å². The van der Waals surface area contributed by atoms with Gasteiger partial charge >= 0.3 is 11.9 Å². The number of carbonyl (C=O) groups is 6. The molecule has 4 amide bonds. The molecule has 8 rings (SSSR count). The quantitative estimate of drug-likeness (QED) is 0.0665. The Morgan fingerprint density at radius 2 is 0.985 bits per heavy atom. The first-order valence-electron chi connectivity index (χ1n) is 19.1. The zero-order valence-electron chi connectivity index (χ0n) is 33.7. The van der Waals surface area contributed by atoms with Crippen LogP contribution in [-0.4, -0.2) is 77.7 Å². The highest BCUT2D eigenvalue weighted by molar-refractivity contribution is 7.14. The van der Waals surface area contributed by atoms with Gasteiger partial charge in [-0.1, -0.05) is 24.3 Å². The molecule has 0 radical (unpaired) electrons. The molecule has 65 heavy (non-hydrogen) atoms. The lowest BCUT2D eigenvalue weighted by Crippen LogP contribution is -2.24. The maximum atomic E-state index is 13.0. The molecule has 0 aliphatic rings. The lowest BCUT2D eigenvalue weighted by Gasteiger charge is -2.06. The highest BCUT2D eigenvalue weighted by Gasteiger charge is 2.22. The van der Waals surface area contributed by atoms with Crippen molar-refractivity contribution in [2.75, 3.05) is 7.11 Å². The van der Waals surface area contributed by atoms with Crippen LogP contribution in [0.1, 0.15) is 81.9 Å². The van der Waals surface area contributed by atoms with Crippen molar-refractivity contribution in [1.82, 2.24) is 51.2 Å². The Kier molecular flexibility index (Phi) is 14.0. The van der Waals surface area contributed by atoms with Crippen LogP contribution in [0.25, 0.3) is 22.1 Å². The third-order valence-electron chi connectivity index (χ3n) is 9.35. The molecule has 7 N–H and O–H groups in total. The van der Waals surface area contributed by atoms with Gasteiger partial charge in [-0.15, -0.1) is 22.7 Å². The number of H-pyrrole nitrogens is 2. The van der Waals surface area contributed by atoms with Crippen LogP contribution in [0.2, 0.25) is 0 Å². The lowest BCUT2D eigenvalue weighted by atomic mass is 10.2. The third-order valence-corrected chi connectivity index (χ3v) is 11.5. The number of ether oxygens (including phenoxy) is 1. The van der Waals surface area contributed by atoms with Crippen LogP contribution < -0.4 is 21.3 Å². The number of aromatic nitrogens is 6. The first kappa shape index (κ1) is 44.8. The number of methoxy groups -OCH3 is 1. The second kappa shape index (κ2) is 20.3. The molecule has 0 bridgehead atoms. The molecule has 0 fully saturated rings. The average Bonchev–Trinajstić information content (AvgIpc) is 4.16. The fraction of sp³-hybridized carbons (Fsp3) is 0.116. The summed E-state index contributed by atoms with van der Waals surface area (Å²) in [5.41, 5.74) is 3.29. The molecule has 0 aliphatic heterocycles. The molecule has 0 saturated carbocycles. The second-order valence-electron chi connectivity index (χ2n) is 13.6. The molecular formula is C43H34F2N10O8S2. The van der Waals surface area contributed by atoms with Crippen LogP contribution in [-0.2, 0) is 30.9 Å². The van der Waals surface area contributed by atoms with E-state index in [0.29, 0.717) is 26.3 Å². The van der Waals surface area contributed by atoms with E-state index in [1.54, 1.807) is 42.5 Å². The van der Waals surface area contributed by atoms with Gasteiger partial charge in [-0.25, -0.2) is 38.3 Å². The topological polar surface area (TPSA) is 263 Å². The Labute approximate surface area is 373 Å². The van der Waals surface area contributed by atoms with Crippen molar-refractivity contribution >= 4 is 80.3 Å². The summed E-state index contributed by atoms with van der Waals surface area (Å²) in [7, 11) is 1.31. The first-order chi connectivity index (χ1) is 31.4. The number of esters is 1. The highest BCUT2D eigenvalue weighted by atomic mass is 32.1. The predicted octanol–water partition coefficient (Wildman–Crippen LogP) is 5.52. The predicted molar refractivity (Wildman–Crippen MR) is 232 cm³/mol. The number of rotatable bonds is 14. The molecule has 6 aromatic heterocycles. The minimum Gasteiger partial charge on any atom is -0.477 e. The van der Waals surface area contributed by atoms with Gasteiger partial charge < -0.3 is 41.1 Å². The number of aromatic amines is 2. The molecule has 22 heteroatoms. The number of carboxylic acid groups (broad SMARTS) is 1. The lowest BCUT2D eigenvalue weighted by molar-refractivity contribution is 0.0604. The Morgan fingerprint density at radius 1 is 0.569 bits per heavy atom. The molecule has 0 saturated heterocycles. The molecule has 8 aromatic rings. The van der Waals surface area contributed by atoms with Crippen LogP contribution >= 0.6 is 22.7 Å². The number of carboxylic acids is 1. The summed E-state index contributed by atoms with van der Waals surface area (Å²) in [4.78, 5) is 97.3. The number of hydrogen-bond acceptors (Lipinski definition) is 13. The zero-order valence-corrected chi connectivity index (χ0v) is 35.4. The van der Waals surface area contributed by atoms with Gasteiger partial charge in [-0.3, -0.25) is 19.2 Å². The van der Waals surface area contributed by atoms with E-state index >= 15 is 0 Å². The van der Waals surface area contributed by atoms with Gasteiger partial charge in [0.1, 0.15) is 45.1 Å². The number of hydrogen-bond donors (Lipinski definition) is 7. The number of nitrogens with zero attached hydrogens (tertiary/aromatic N) is 4. The molecule has 0 unspecified atom stereocenters. The van der Waals surface area contributed by atoms with Crippen LogP contribution in [0.4, 0.5) is 8.78 Å². The van der Waals surface area contributed by atoms with E-state index in [1.165, 1.54) is 73.8 Å². The number of aromatic carboxylic acids is 1. The number of thiophene rings is 2. The molecule has 0 spiro atoms. The van der Waals surface area contributed by atoms with Gasteiger partial charge in [0.25, 0.3) is 23.6 Å². The van der Waals surface area contributed by atoms with Crippen molar-refractivity contribution in [1.29, 1.82) is 0 Å². The summed E-state index contributed by atoms with van der Waals surface area (Å²) in [6.45, 7) is 0.730. The third kappa shape index (κ3) is 10.9. The van der Waals surface area contributed by atoms with Gasteiger partial charge in [0.15, 0.2) is 11.4 Å². The minimum atomic E-state index is -1.02. The molecule has 330 valence electrons. The van der Waals surface area contributed by atoms with Gasteiger partial charge in [0.2, 0.25) is 0 Å². The van der Waals surface area contributed by atoms with Crippen molar-refractivity contribution < 1.29 is 47.4 Å². The fourth-order valence-corrected chi connectivity index (χ4v) is 7.75. The van der Waals surface area contributed by atoms with E-state index in [4.69, 9.17) is 5.11 Å². The van der Waals surface area contributed by atoms with Gasteiger partial charge in [-0.05, 0) is 59.7 Å². The normalized spacial score (nSPS) is 10.8. The van der Waals surface area contributed by atoms with Gasteiger partial charge in [-0.2, -0.15) is 0 Å². The van der Waals surface area contributed by atoms with E-state index < -0.39 is 35.6 Å². The molecule has 0 atom stereocenters. The smallest absolute Gasteiger partial charge is 0.348 e. The Hall–Kier alpha value is -8.24. The maximum Gasteiger partial charge on any atom is 0.348 e. The van der Waals surface area contributed by atoms with Crippen LogP contribution in [0.3, 0.4) is 0 Å². The Balaban J connectivity index is 0.000000194. The number of amides is 4. The van der Waals surface area contributed by atoms with Crippen molar-refractivity contribution in [2.24, 2.45) is 0 Å².